The Kier molecular flexibility index (Phi) is 7.23. The molecule has 0 saturated carbocycles. The molecule has 1 aliphatic rings. The Hall–Kier alpha value is -3.63. The highest BCUT2D eigenvalue weighted by molar-refractivity contribution is 7.92. The van der Waals surface area contributed by atoms with Gasteiger partial charge in [-0.15, -0.1) is 0 Å². The maximum atomic E-state index is 13.4. The molecule has 0 bridgehead atoms. The summed E-state index contributed by atoms with van der Waals surface area (Å²) in [7, 11) is -4.31. The predicted octanol–water partition coefficient (Wildman–Crippen LogP) is 2.45. The summed E-state index contributed by atoms with van der Waals surface area (Å²) in [5, 5.41) is 0.867. The number of hydrogen-bond acceptors (Lipinski definition) is 6. The fourth-order valence-electron chi connectivity index (χ4n) is 3.68. The maximum absolute atomic E-state index is 13.4. The van der Waals surface area contributed by atoms with Crippen LogP contribution >= 0.6 is 11.6 Å². The number of piperazine rings is 1. The third-order valence-corrected chi connectivity index (χ3v) is 7.71. The summed E-state index contributed by atoms with van der Waals surface area (Å²) in [5.74, 6) is -1.62. The molecule has 35 heavy (non-hydrogen) atoms. The Balaban J connectivity index is 1.56. The van der Waals surface area contributed by atoms with Crippen LogP contribution in [0.15, 0.2) is 82.3 Å². The average Bonchev–Trinajstić information content (AvgIpc) is 3.42. The second kappa shape index (κ2) is 10.3. The first-order chi connectivity index (χ1) is 16.8. The summed E-state index contributed by atoms with van der Waals surface area (Å²) in [6, 6.07) is 16.5. The number of hydrogen-bond donors (Lipinski definition) is 1. The van der Waals surface area contributed by atoms with Gasteiger partial charge in [0.2, 0.25) is 15.2 Å². The summed E-state index contributed by atoms with van der Waals surface area (Å²) >= 11 is 5.89. The van der Waals surface area contributed by atoms with Crippen molar-refractivity contribution in [3.63, 3.8) is 0 Å². The van der Waals surface area contributed by atoms with E-state index in [1.54, 1.807) is 30.3 Å². The highest BCUT2D eigenvalue weighted by Gasteiger charge is 2.39. The van der Waals surface area contributed by atoms with Crippen molar-refractivity contribution in [2.45, 2.75) is 10.3 Å². The van der Waals surface area contributed by atoms with Gasteiger partial charge in [-0.05, 0) is 48.5 Å². The van der Waals surface area contributed by atoms with E-state index in [1.807, 2.05) is 0 Å². The summed E-state index contributed by atoms with van der Waals surface area (Å²) in [5.41, 5.74) is 0.213. The van der Waals surface area contributed by atoms with Gasteiger partial charge in [0.25, 0.3) is 17.7 Å². The van der Waals surface area contributed by atoms with Crippen molar-refractivity contribution in [1.82, 2.24) is 15.1 Å². The fraction of sp³-hybridized carbons (Fsp3) is 0.208. The van der Waals surface area contributed by atoms with E-state index in [0.717, 1.165) is 0 Å². The van der Waals surface area contributed by atoms with E-state index in [1.165, 1.54) is 52.5 Å². The maximum Gasteiger partial charge on any atom is 0.289 e. The van der Waals surface area contributed by atoms with Crippen molar-refractivity contribution in [3.8, 4) is 0 Å². The summed E-state index contributed by atoms with van der Waals surface area (Å²) in [6.07, 6.45) is 1.40. The van der Waals surface area contributed by atoms with Crippen molar-refractivity contribution in [3.05, 3.63) is 89.3 Å². The van der Waals surface area contributed by atoms with Crippen LogP contribution in [0.3, 0.4) is 0 Å². The summed E-state index contributed by atoms with van der Waals surface area (Å²) in [4.78, 5) is 41.5. The molecule has 9 nitrogen and oxygen atoms in total. The van der Waals surface area contributed by atoms with Crippen LogP contribution in [-0.4, -0.2) is 67.5 Å². The molecule has 3 aromatic rings. The third kappa shape index (κ3) is 5.39. The van der Waals surface area contributed by atoms with Crippen molar-refractivity contribution < 1.29 is 27.2 Å². The Morgan fingerprint density at radius 3 is 2.09 bits per heavy atom. The van der Waals surface area contributed by atoms with Gasteiger partial charge in [-0.2, -0.15) is 0 Å². The van der Waals surface area contributed by atoms with E-state index in [0.29, 0.717) is 5.02 Å². The van der Waals surface area contributed by atoms with Crippen LogP contribution in [0.25, 0.3) is 0 Å². The molecule has 1 fully saturated rings. The molecule has 1 saturated heterocycles. The monoisotopic (exact) mass is 515 g/mol. The zero-order valence-corrected chi connectivity index (χ0v) is 20.0. The number of carbonyl (C=O) groups is 3. The quantitative estimate of drug-likeness (QED) is 0.539. The number of sulfone groups is 1. The van der Waals surface area contributed by atoms with E-state index in [4.69, 9.17) is 16.0 Å². The minimum atomic E-state index is -4.31. The average molecular weight is 516 g/mol. The SMILES string of the molecule is O=C(NC(C(=O)N1CCN(C(=O)c2ccco2)CC1)S(=O)(=O)c1ccc(Cl)cc1)c1ccccc1. The van der Waals surface area contributed by atoms with Gasteiger partial charge in [0.15, 0.2) is 5.76 Å². The molecule has 1 aromatic heterocycles. The normalized spacial score (nSPS) is 14.9. The van der Waals surface area contributed by atoms with Gasteiger partial charge in [-0.25, -0.2) is 8.42 Å². The zero-order chi connectivity index (χ0) is 25.0. The zero-order valence-electron chi connectivity index (χ0n) is 18.5. The molecule has 1 unspecified atom stereocenters. The molecular weight excluding hydrogens is 494 g/mol. The number of benzene rings is 2. The van der Waals surface area contributed by atoms with Gasteiger partial charge >= 0.3 is 0 Å². The first kappa shape index (κ1) is 24.5. The smallest absolute Gasteiger partial charge is 0.289 e. The lowest BCUT2D eigenvalue weighted by atomic mass is 10.2. The van der Waals surface area contributed by atoms with Gasteiger partial charge in [0.1, 0.15) is 0 Å². The molecule has 1 N–H and O–H groups in total. The van der Waals surface area contributed by atoms with E-state index in [2.05, 4.69) is 5.32 Å². The Morgan fingerprint density at radius 1 is 0.857 bits per heavy atom. The third-order valence-electron chi connectivity index (χ3n) is 5.59. The Bertz CT molecular complexity index is 1300. The molecule has 1 atom stereocenters. The summed E-state index contributed by atoms with van der Waals surface area (Å²) in [6.45, 7) is 0.565. The van der Waals surface area contributed by atoms with Crippen LogP contribution in [0.2, 0.25) is 5.02 Å². The van der Waals surface area contributed by atoms with Crippen LogP contribution < -0.4 is 5.32 Å². The topological polar surface area (TPSA) is 117 Å². The van der Waals surface area contributed by atoms with Gasteiger partial charge in [-0.1, -0.05) is 29.8 Å². The molecule has 4 rings (SSSR count). The number of halogens is 1. The van der Waals surface area contributed by atoms with E-state index < -0.39 is 27.0 Å². The lowest BCUT2D eigenvalue weighted by molar-refractivity contribution is -0.132. The van der Waals surface area contributed by atoms with Gasteiger partial charge in [0.05, 0.1) is 11.2 Å². The van der Waals surface area contributed by atoms with Gasteiger partial charge < -0.3 is 19.5 Å². The molecule has 2 aromatic carbocycles. The molecule has 11 heteroatoms. The number of amides is 3. The highest BCUT2D eigenvalue weighted by atomic mass is 35.5. The minimum absolute atomic E-state index is 0.0964. The number of carbonyl (C=O) groups excluding carboxylic acids is 3. The lowest BCUT2D eigenvalue weighted by Crippen LogP contribution is -2.57. The summed E-state index contributed by atoms with van der Waals surface area (Å²) < 4.78 is 32.0. The second-order valence-electron chi connectivity index (χ2n) is 7.81. The molecule has 0 spiro atoms. The highest BCUT2D eigenvalue weighted by Crippen LogP contribution is 2.21. The van der Waals surface area contributed by atoms with Gasteiger partial charge in [-0.3, -0.25) is 14.4 Å². The first-order valence-corrected chi connectivity index (χ1v) is 12.7. The molecule has 2 heterocycles. The van der Waals surface area contributed by atoms with Crippen molar-refractivity contribution in [2.75, 3.05) is 26.2 Å². The lowest BCUT2D eigenvalue weighted by Gasteiger charge is -2.36. The van der Waals surface area contributed by atoms with Crippen LogP contribution in [0, 0.1) is 0 Å². The van der Waals surface area contributed by atoms with Crippen LogP contribution in [0.4, 0.5) is 0 Å². The number of nitrogens with one attached hydrogen (secondary N) is 1. The largest absolute Gasteiger partial charge is 0.459 e. The predicted molar refractivity (Wildman–Crippen MR) is 128 cm³/mol. The van der Waals surface area contributed by atoms with Crippen molar-refractivity contribution in [2.24, 2.45) is 0 Å². The number of furan rings is 1. The molecule has 182 valence electrons. The first-order valence-electron chi connectivity index (χ1n) is 10.7. The van der Waals surface area contributed by atoms with E-state index in [9.17, 15) is 22.8 Å². The fourth-order valence-corrected chi connectivity index (χ4v) is 5.27. The van der Waals surface area contributed by atoms with Gasteiger partial charge in [0, 0.05) is 36.8 Å². The van der Waals surface area contributed by atoms with E-state index >= 15 is 0 Å². The van der Waals surface area contributed by atoms with Crippen LogP contribution in [-0.2, 0) is 14.6 Å². The molecule has 0 aliphatic carbocycles. The minimum Gasteiger partial charge on any atom is -0.459 e. The Morgan fingerprint density at radius 2 is 1.49 bits per heavy atom. The molecular formula is C24H22ClN3O6S. The number of nitrogens with zero attached hydrogens (tertiary/aromatic N) is 2. The molecule has 3 amide bonds. The van der Waals surface area contributed by atoms with Crippen LogP contribution in [0.1, 0.15) is 20.9 Å². The molecule has 0 radical (unpaired) electrons. The van der Waals surface area contributed by atoms with E-state index in [-0.39, 0.29) is 48.3 Å². The van der Waals surface area contributed by atoms with Crippen molar-refractivity contribution >= 4 is 39.2 Å². The Labute approximate surface area is 207 Å². The second-order valence-corrected chi connectivity index (χ2v) is 10.3. The standard InChI is InChI=1S/C24H22ClN3O6S/c25-18-8-10-19(11-9-18)35(32,33)22(26-21(29)17-5-2-1-3-6-17)24(31)28-14-12-27(13-15-28)23(30)20-7-4-16-34-20/h1-11,16,22H,12-15H2,(H,26,29). The molecule has 1 aliphatic heterocycles. The number of rotatable bonds is 6. The van der Waals surface area contributed by atoms with Crippen LogP contribution in [0.5, 0.6) is 0 Å². The van der Waals surface area contributed by atoms with Crippen molar-refractivity contribution in [1.29, 1.82) is 0 Å².